The van der Waals surface area contributed by atoms with Gasteiger partial charge in [0.25, 0.3) is 0 Å². The van der Waals surface area contributed by atoms with Gasteiger partial charge >= 0.3 is 0 Å². The van der Waals surface area contributed by atoms with Crippen LogP contribution < -0.4 is 5.32 Å². The summed E-state index contributed by atoms with van der Waals surface area (Å²) in [5, 5.41) is 2.72. The Hall–Kier alpha value is -1.36. The summed E-state index contributed by atoms with van der Waals surface area (Å²) in [6, 6.07) is 6.85. The smallest absolute Gasteiger partial charge is 0.250 e. The minimum Gasteiger partial charge on any atom is -0.339 e. The molecule has 0 saturated carbocycles. The Kier molecular flexibility index (Phi) is 3.47. The van der Waals surface area contributed by atoms with Gasteiger partial charge in [0.2, 0.25) is 11.8 Å². The van der Waals surface area contributed by atoms with Crippen molar-refractivity contribution in [2.24, 2.45) is 0 Å². The Morgan fingerprint density at radius 1 is 1.35 bits per heavy atom. The summed E-state index contributed by atoms with van der Waals surface area (Å²) >= 11 is 3.34. The Bertz CT molecular complexity index is 444. The second-order valence-corrected chi connectivity index (χ2v) is 4.82. The molecule has 2 rings (SSSR count). The molecule has 0 aromatic heterocycles. The summed E-state index contributed by atoms with van der Waals surface area (Å²) in [6.45, 7) is 2.58. The largest absolute Gasteiger partial charge is 0.339 e. The molecule has 4 nitrogen and oxygen atoms in total. The number of hydrogen-bond donors (Lipinski definition) is 1. The summed E-state index contributed by atoms with van der Waals surface area (Å²) in [7, 11) is 0. The van der Waals surface area contributed by atoms with Crippen molar-refractivity contribution in [3.8, 4) is 0 Å². The van der Waals surface area contributed by atoms with E-state index in [9.17, 15) is 9.59 Å². The number of hydrogen-bond acceptors (Lipinski definition) is 2. The maximum absolute atomic E-state index is 12.1. The van der Waals surface area contributed by atoms with E-state index in [0.29, 0.717) is 6.54 Å². The number of amides is 2. The normalized spacial score (nSPS) is 20.4. The third-order valence-electron chi connectivity index (χ3n) is 2.78. The van der Waals surface area contributed by atoms with Crippen molar-refractivity contribution < 1.29 is 9.59 Å². The average Bonchev–Trinajstić information content (AvgIpc) is 2.33. The van der Waals surface area contributed by atoms with Gasteiger partial charge in [-0.15, -0.1) is 0 Å². The van der Waals surface area contributed by atoms with Crippen molar-refractivity contribution in [2.75, 3.05) is 13.1 Å². The quantitative estimate of drug-likeness (QED) is 0.898. The van der Waals surface area contributed by atoms with Gasteiger partial charge in [0, 0.05) is 11.0 Å². The van der Waals surface area contributed by atoms with Crippen LogP contribution in [0, 0.1) is 0 Å². The highest BCUT2D eigenvalue weighted by Gasteiger charge is 2.32. The van der Waals surface area contributed by atoms with Crippen LogP contribution in [0.4, 0.5) is 0 Å². The van der Waals surface area contributed by atoms with E-state index in [1.54, 1.807) is 4.90 Å². The standard InChI is InChI=1S/C12H13BrN2O2/c1-2-15-7-10(16)14-11(12(15)17)8-3-5-9(13)6-4-8/h3-6,11H,2,7H2,1H3,(H,14,16)/t11-/m1/s1. The summed E-state index contributed by atoms with van der Waals surface area (Å²) in [6.07, 6.45) is 0. The van der Waals surface area contributed by atoms with Crippen LogP contribution in [0.3, 0.4) is 0 Å². The Labute approximate surface area is 108 Å². The summed E-state index contributed by atoms with van der Waals surface area (Å²) in [5.41, 5.74) is 0.810. The molecule has 1 aromatic carbocycles. The third-order valence-corrected chi connectivity index (χ3v) is 3.31. The van der Waals surface area contributed by atoms with Gasteiger partial charge in [0.1, 0.15) is 6.04 Å². The van der Waals surface area contributed by atoms with Gasteiger partial charge in [-0.2, -0.15) is 0 Å². The van der Waals surface area contributed by atoms with E-state index in [2.05, 4.69) is 21.2 Å². The van der Waals surface area contributed by atoms with Gasteiger partial charge in [0.05, 0.1) is 6.54 Å². The van der Waals surface area contributed by atoms with Gasteiger partial charge < -0.3 is 10.2 Å². The second-order valence-electron chi connectivity index (χ2n) is 3.90. The van der Waals surface area contributed by atoms with Crippen LogP contribution in [0.1, 0.15) is 18.5 Å². The van der Waals surface area contributed by atoms with Crippen molar-refractivity contribution in [2.45, 2.75) is 13.0 Å². The maximum Gasteiger partial charge on any atom is 0.250 e. The first-order valence-corrected chi connectivity index (χ1v) is 6.24. The number of halogens is 1. The molecule has 0 aliphatic carbocycles. The molecule has 90 valence electrons. The first kappa shape index (κ1) is 12.1. The number of carbonyl (C=O) groups is 2. The highest BCUT2D eigenvalue weighted by Crippen LogP contribution is 2.21. The molecule has 2 amide bonds. The fourth-order valence-corrected chi connectivity index (χ4v) is 2.12. The number of rotatable bonds is 2. The number of nitrogens with zero attached hydrogens (tertiary/aromatic N) is 1. The van der Waals surface area contributed by atoms with Crippen molar-refractivity contribution in [1.82, 2.24) is 10.2 Å². The molecule has 1 atom stereocenters. The molecule has 1 heterocycles. The van der Waals surface area contributed by atoms with Crippen LogP contribution in [0.5, 0.6) is 0 Å². The van der Waals surface area contributed by atoms with Gasteiger partial charge in [-0.05, 0) is 24.6 Å². The zero-order valence-electron chi connectivity index (χ0n) is 9.44. The molecule has 17 heavy (non-hydrogen) atoms. The number of carbonyl (C=O) groups excluding carboxylic acids is 2. The molecule has 5 heteroatoms. The zero-order valence-corrected chi connectivity index (χ0v) is 11.0. The molecule has 1 N–H and O–H groups in total. The predicted octanol–water partition coefficient (Wildman–Crippen LogP) is 1.47. The topological polar surface area (TPSA) is 49.4 Å². The van der Waals surface area contributed by atoms with Gasteiger partial charge in [-0.25, -0.2) is 0 Å². The molecule has 0 spiro atoms. The SMILES string of the molecule is CCN1CC(=O)N[C@H](c2ccc(Br)cc2)C1=O. The molecule has 0 radical (unpaired) electrons. The van der Waals surface area contributed by atoms with Crippen LogP contribution in [0.2, 0.25) is 0 Å². The fourth-order valence-electron chi connectivity index (χ4n) is 1.85. The maximum atomic E-state index is 12.1. The first-order chi connectivity index (χ1) is 8.11. The minimum absolute atomic E-state index is 0.0468. The Balaban J connectivity index is 2.27. The van der Waals surface area contributed by atoms with Gasteiger partial charge in [0.15, 0.2) is 0 Å². The van der Waals surface area contributed by atoms with E-state index in [-0.39, 0.29) is 18.4 Å². The number of benzene rings is 1. The van der Waals surface area contributed by atoms with Gasteiger partial charge in [-0.1, -0.05) is 28.1 Å². The van der Waals surface area contributed by atoms with E-state index >= 15 is 0 Å². The van der Waals surface area contributed by atoms with Crippen LogP contribution in [-0.4, -0.2) is 29.8 Å². The molecular formula is C12H13BrN2O2. The van der Waals surface area contributed by atoms with Crippen LogP contribution >= 0.6 is 15.9 Å². The second kappa shape index (κ2) is 4.87. The summed E-state index contributed by atoms with van der Waals surface area (Å²) < 4.78 is 0.947. The number of nitrogens with one attached hydrogen (secondary N) is 1. The predicted molar refractivity (Wildman–Crippen MR) is 67.3 cm³/mol. The highest BCUT2D eigenvalue weighted by atomic mass is 79.9. The number of likely N-dealkylation sites (N-methyl/N-ethyl adjacent to an activating group) is 1. The first-order valence-electron chi connectivity index (χ1n) is 5.45. The molecule has 0 bridgehead atoms. The van der Waals surface area contributed by atoms with E-state index in [1.165, 1.54) is 0 Å². The fraction of sp³-hybridized carbons (Fsp3) is 0.333. The lowest BCUT2D eigenvalue weighted by Gasteiger charge is -2.31. The Morgan fingerprint density at radius 2 is 2.00 bits per heavy atom. The third kappa shape index (κ3) is 2.49. The van der Waals surface area contributed by atoms with E-state index in [1.807, 2.05) is 31.2 Å². The molecule has 1 saturated heterocycles. The van der Waals surface area contributed by atoms with E-state index in [4.69, 9.17) is 0 Å². The van der Waals surface area contributed by atoms with Crippen LogP contribution in [-0.2, 0) is 9.59 Å². The molecule has 1 aliphatic heterocycles. The van der Waals surface area contributed by atoms with Crippen LogP contribution in [0.15, 0.2) is 28.7 Å². The summed E-state index contributed by atoms with van der Waals surface area (Å²) in [4.78, 5) is 25.2. The van der Waals surface area contributed by atoms with Crippen molar-refractivity contribution in [1.29, 1.82) is 0 Å². The highest BCUT2D eigenvalue weighted by molar-refractivity contribution is 9.10. The van der Waals surface area contributed by atoms with Gasteiger partial charge in [-0.3, -0.25) is 9.59 Å². The van der Waals surface area contributed by atoms with Crippen molar-refractivity contribution >= 4 is 27.7 Å². The van der Waals surface area contributed by atoms with Crippen molar-refractivity contribution in [3.63, 3.8) is 0 Å². The number of piperazine rings is 1. The Morgan fingerprint density at radius 3 is 2.59 bits per heavy atom. The van der Waals surface area contributed by atoms with E-state index in [0.717, 1.165) is 10.0 Å². The molecule has 1 aromatic rings. The van der Waals surface area contributed by atoms with Crippen LogP contribution in [0.25, 0.3) is 0 Å². The van der Waals surface area contributed by atoms with E-state index < -0.39 is 6.04 Å². The average molecular weight is 297 g/mol. The molecular weight excluding hydrogens is 284 g/mol. The van der Waals surface area contributed by atoms with Crippen molar-refractivity contribution in [3.05, 3.63) is 34.3 Å². The summed E-state index contributed by atoms with van der Waals surface area (Å²) in [5.74, 6) is -0.159. The zero-order chi connectivity index (χ0) is 12.4. The molecule has 1 fully saturated rings. The lowest BCUT2D eigenvalue weighted by Crippen LogP contribution is -2.53. The lowest BCUT2D eigenvalue weighted by atomic mass is 10.0. The molecule has 0 unspecified atom stereocenters. The minimum atomic E-state index is -0.552. The molecule has 1 aliphatic rings. The lowest BCUT2D eigenvalue weighted by molar-refractivity contribution is -0.144. The monoisotopic (exact) mass is 296 g/mol.